The van der Waals surface area contributed by atoms with Crippen molar-refractivity contribution in [2.75, 3.05) is 14.2 Å². The molecule has 0 saturated carbocycles. The van der Waals surface area contributed by atoms with Gasteiger partial charge in [0.2, 0.25) is 0 Å². The molecule has 150 valence electrons. The van der Waals surface area contributed by atoms with Crippen molar-refractivity contribution >= 4 is 38.9 Å². The Bertz CT molecular complexity index is 1230. The fraction of sp³-hybridized carbons (Fsp3) is 0.300. The maximum absolute atomic E-state index is 12.9. The summed E-state index contributed by atoms with van der Waals surface area (Å²) in [5.74, 6) is 1.25. The van der Waals surface area contributed by atoms with Crippen LogP contribution in [0.1, 0.15) is 29.6 Å². The van der Waals surface area contributed by atoms with Crippen LogP contribution in [0.2, 0.25) is 0 Å². The van der Waals surface area contributed by atoms with Gasteiger partial charge in [0.1, 0.15) is 10.7 Å². The van der Waals surface area contributed by atoms with E-state index in [2.05, 4.69) is 0 Å². The van der Waals surface area contributed by atoms with Crippen LogP contribution in [0.3, 0.4) is 0 Å². The number of thiophene rings is 1. The summed E-state index contributed by atoms with van der Waals surface area (Å²) in [5, 5.41) is 12.2. The van der Waals surface area contributed by atoms with Gasteiger partial charge in [0.15, 0.2) is 11.5 Å². The minimum atomic E-state index is -0.459. The van der Waals surface area contributed by atoms with Gasteiger partial charge in [0.05, 0.1) is 36.2 Å². The summed E-state index contributed by atoms with van der Waals surface area (Å²) in [4.78, 5) is 30.5. The molecule has 0 unspecified atom stereocenters. The monoisotopic (exact) mass is 413 g/mol. The lowest BCUT2D eigenvalue weighted by molar-refractivity contribution is -0.385. The van der Waals surface area contributed by atoms with Crippen molar-refractivity contribution in [1.82, 2.24) is 9.55 Å². The van der Waals surface area contributed by atoms with Crippen molar-refractivity contribution in [3.8, 4) is 11.5 Å². The summed E-state index contributed by atoms with van der Waals surface area (Å²) in [5.41, 5.74) is 1.00. The van der Waals surface area contributed by atoms with Crippen molar-refractivity contribution in [3.05, 3.63) is 54.9 Å². The minimum absolute atomic E-state index is 0.0637. The number of aryl methyl sites for hydroxylation is 1. The van der Waals surface area contributed by atoms with E-state index in [0.29, 0.717) is 40.3 Å². The second-order valence-corrected chi connectivity index (χ2v) is 7.74. The number of nitro groups is 1. The number of hydrogen-bond acceptors (Lipinski definition) is 7. The Morgan fingerprint density at radius 2 is 2.00 bits per heavy atom. The highest BCUT2D eigenvalue weighted by molar-refractivity contribution is 7.18. The summed E-state index contributed by atoms with van der Waals surface area (Å²) in [7, 11) is 2.91. The molecule has 0 bridgehead atoms. The van der Waals surface area contributed by atoms with Gasteiger partial charge >= 0.3 is 0 Å². The van der Waals surface area contributed by atoms with Gasteiger partial charge in [-0.3, -0.25) is 19.5 Å². The standard InChI is InChI=1S/C20H19N3O5S/c1-4-13-9-14-19(29-13)21-18-11(5-6-22(18)20(14)24)7-12-8-16(27-2)17(28-3)10-15(12)23(25)26/h7-10H,4-6H2,1-3H3/b11-7+. The molecule has 2 aromatic heterocycles. The summed E-state index contributed by atoms with van der Waals surface area (Å²) < 4.78 is 12.1. The van der Waals surface area contributed by atoms with Crippen molar-refractivity contribution in [2.24, 2.45) is 0 Å². The van der Waals surface area contributed by atoms with Crippen LogP contribution in [0.15, 0.2) is 23.0 Å². The van der Waals surface area contributed by atoms with E-state index in [1.807, 2.05) is 13.0 Å². The number of allylic oxidation sites excluding steroid dienone is 1. The van der Waals surface area contributed by atoms with E-state index in [1.54, 1.807) is 16.7 Å². The zero-order valence-electron chi connectivity index (χ0n) is 16.2. The molecular weight excluding hydrogens is 394 g/mol. The third-order valence-electron chi connectivity index (χ3n) is 5.00. The molecule has 0 atom stereocenters. The zero-order valence-corrected chi connectivity index (χ0v) is 17.0. The molecule has 0 amide bonds. The molecule has 3 aromatic rings. The second-order valence-electron chi connectivity index (χ2n) is 6.62. The van der Waals surface area contributed by atoms with E-state index >= 15 is 0 Å². The number of benzene rings is 1. The van der Waals surface area contributed by atoms with Gasteiger partial charge in [-0.25, -0.2) is 4.98 Å². The maximum atomic E-state index is 12.9. The van der Waals surface area contributed by atoms with E-state index in [9.17, 15) is 14.9 Å². The average Bonchev–Trinajstić information content (AvgIpc) is 3.32. The van der Waals surface area contributed by atoms with Crippen molar-refractivity contribution in [1.29, 1.82) is 0 Å². The molecule has 0 saturated heterocycles. The first kappa shape index (κ1) is 19.1. The highest BCUT2D eigenvalue weighted by Crippen LogP contribution is 2.38. The van der Waals surface area contributed by atoms with Crippen LogP contribution < -0.4 is 15.0 Å². The van der Waals surface area contributed by atoms with Gasteiger partial charge in [0, 0.05) is 11.4 Å². The molecule has 0 aliphatic carbocycles. The Morgan fingerprint density at radius 1 is 1.28 bits per heavy atom. The van der Waals surface area contributed by atoms with E-state index in [4.69, 9.17) is 14.5 Å². The van der Waals surface area contributed by atoms with Crippen molar-refractivity contribution in [3.63, 3.8) is 0 Å². The number of hydrogen-bond donors (Lipinski definition) is 0. The molecule has 4 rings (SSSR count). The Balaban J connectivity index is 1.89. The lowest BCUT2D eigenvalue weighted by Crippen LogP contribution is -2.19. The van der Waals surface area contributed by atoms with Crippen LogP contribution in [0.4, 0.5) is 5.69 Å². The van der Waals surface area contributed by atoms with E-state index in [1.165, 1.54) is 31.6 Å². The van der Waals surface area contributed by atoms with Crippen molar-refractivity contribution in [2.45, 2.75) is 26.3 Å². The third-order valence-corrected chi connectivity index (χ3v) is 6.18. The molecule has 0 N–H and O–H groups in total. The molecule has 3 heterocycles. The van der Waals surface area contributed by atoms with E-state index in [-0.39, 0.29) is 17.0 Å². The molecule has 1 aliphatic heterocycles. The van der Waals surface area contributed by atoms with Crippen molar-refractivity contribution < 1.29 is 14.4 Å². The Kier molecular flexibility index (Phi) is 4.83. The molecular formula is C20H19N3O5S. The topological polar surface area (TPSA) is 96.5 Å². The fourth-order valence-electron chi connectivity index (χ4n) is 3.52. The van der Waals surface area contributed by atoms with Crippen LogP contribution >= 0.6 is 11.3 Å². The molecule has 0 spiro atoms. The SMILES string of the molecule is CCc1cc2c(=O)n3c(nc2s1)/C(=C/c1cc(OC)c(OC)cc1[N+](=O)[O-])CC3. The lowest BCUT2D eigenvalue weighted by atomic mass is 10.1. The van der Waals surface area contributed by atoms with E-state index in [0.717, 1.165) is 16.9 Å². The fourth-order valence-corrected chi connectivity index (χ4v) is 4.48. The van der Waals surface area contributed by atoms with Gasteiger partial charge in [-0.05, 0) is 36.6 Å². The quantitative estimate of drug-likeness (QED) is 0.465. The van der Waals surface area contributed by atoms with Crippen LogP contribution in [0.5, 0.6) is 11.5 Å². The number of ether oxygens (including phenoxy) is 2. The third kappa shape index (κ3) is 3.17. The van der Waals surface area contributed by atoms with Crippen LogP contribution in [-0.4, -0.2) is 28.7 Å². The normalized spacial score (nSPS) is 14.4. The predicted octanol–water partition coefficient (Wildman–Crippen LogP) is 3.89. The largest absolute Gasteiger partial charge is 0.493 e. The number of nitrogens with zero attached hydrogens (tertiary/aromatic N) is 3. The number of fused-ring (bicyclic) bond motifs is 2. The predicted molar refractivity (Wildman–Crippen MR) is 112 cm³/mol. The first-order valence-corrected chi connectivity index (χ1v) is 9.93. The Morgan fingerprint density at radius 3 is 2.66 bits per heavy atom. The zero-order chi connectivity index (χ0) is 20.7. The van der Waals surface area contributed by atoms with Gasteiger partial charge in [-0.1, -0.05) is 6.92 Å². The van der Waals surface area contributed by atoms with Gasteiger partial charge < -0.3 is 9.47 Å². The summed E-state index contributed by atoms with van der Waals surface area (Å²) in [6.07, 6.45) is 3.13. The second kappa shape index (κ2) is 7.32. The number of aromatic nitrogens is 2. The Labute approximate surface area is 170 Å². The van der Waals surface area contributed by atoms with Crippen LogP contribution in [-0.2, 0) is 13.0 Å². The van der Waals surface area contributed by atoms with Crippen LogP contribution in [0, 0.1) is 10.1 Å². The summed E-state index contributed by atoms with van der Waals surface area (Å²) in [6.45, 7) is 2.54. The van der Waals surface area contributed by atoms with Gasteiger partial charge in [-0.2, -0.15) is 0 Å². The smallest absolute Gasteiger partial charge is 0.280 e. The number of nitro benzene ring substituents is 1. The van der Waals surface area contributed by atoms with Crippen LogP contribution in [0.25, 0.3) is 21.9 Å². The summed E-state index contributed by atoms with van der Waals surface area (Å²) in [6, 6.07) is 4.82. The highest BCUT2D eigenvalue weighted by atomic mass is 32.1. The maximum Gasteiger partial charge on any atom is 0.280 e. The van der Waals surface area contributed by atoms with E-state index < -0.39 is 4.92 Å². The minimum Gasteiger partial charge on any atom is -0.493 e. The molecule has 0 radical (unpaired) electrons. The molecule has 29 heavy (non-hydrogen) atoms. The lowest BCUT2D eigenvalue weighted by Gasteiger charge is -2.09. The number of methoxy groups -OCH3 is 2. The summed E-state index contributed by atoms with van der Waals surface area (Å²) >= 11 is 1.51. The van der Waals surface area contributed by atoms with Gasteiger partial charge in [0.25, 0.3) is 11.2 Å². The van der Waals surface area contributed by atoms with Gasteiger partial charge in [-0.15, -0.1) is 11.3 Å². The average molecular weight is 413 g/mol. The molecule has 1 aliphatic rings. The molecule has 9 heteroatoms. The first-order chi connectivity index (χ1) is 14.0. The Hall–Kier alpha value is -3.20. The molecule has 0 fully saturated rings. The molecule has 1 aromatic carbocycles. The first-order valence-electron chi connectivity index (χ1n) is 9.11. The molecule has 8 nitrogen and oxygen atoms in total. The number of rotatable bonds is 5. The highest BCUT2D eigenvalue weighted by Gasteiger charge is 2.24.